The van der Waals surface area contributed by atoms with Crippen LogP contribution in [0.5, 0.6) is 5.75 Å². The molecule has 0 spiro atoms. The zero-order valence-corrected chi connectivity index (χ0v) is 15.1. The average Bonchev–Trinajstić information content (AvgIpc) is 2.98. The molecule has 2 aliphatic heterocycles. The van der Waals surface area contributed by atoms with Gasteiger partial charge in [-0.3, -0.25) is 4.79 Å². The van der Waals surface area contributed by atoms with Crippen molar-refractivity contribution in [2.24, 2.45) is 0 Å². The second kappa shape index (κ2) is 6.84. The van der Waals surface area contributed by atoms with Crippen molar-refractivity contribution in [3.05, 3.63) is 47.7 Å². The highest BCUT2D eigenvalue weighted by Gasteiger charge is 2.44. The lowest BCUT2D eigenvalue weighted by atomic mass is 10.1. The maximum absolute atomic E-state index is 13.1. The molecule has 138 valence electrons. The Bertz CT molecular complexity index is 801. The van der Waals surface area contributed by atoms with Gasteiger partial charge < -0.3 is 19.5 Å². The Morgan fingerprint density at radius 2 is 2.15 bits per heavy atom. The standard InChI is InChI=1S/C19H22N2O5/c1-5-6-26-19(24)21-14-8-12(3)16(25-4)9-13(14)17(22)20-10-11(2)7-15(20)18(21)23/h5,8-10,15,18,23H,1,6-7H2,2-4H3/t15-,18?/m0/s1. The van der Waals surface area contributed by atoms with Gasteiger partial charge in [-0.15, -0.1) is 0 Å². The van der Waals surface area contributed by atoms with Crippen molar-refractivity contribution in [1.29, 1.82) is 0 Å². The molecule has 0 aliphatic carbocycles. The van der Waals surface area contributed by atoms with Crippen LogP contribution in [0.2, 0.25) is 0 Å². The summed E-state index contributed by atoms with van der Waals surface area (Å²) in [7, 11) is 1.52. The topological polar surface area (TPSA) is 79.3 Å². The Kier molecular flexibility index (Phi) is 4.73. The van der Waals surface area contributed by atoms with E-state index in [9.17, 15) is 14.7 Å². The monoisotopic (exact) mass is 358 g/mol. The molecule has 7 nitrogen and oxygen atoms in total. The molecule has 1 aromatic rings. The lowest BCUT2D eigenvalue weighted by Crippen LogP contribution is -2.50. The van der Waals surface area contributed by atoms with E-state index in [-0.39, 0.29) is 18.1 Å². The summed E-state index contributed by atoms with van der Waals surface area (Å²) in [6, 6.07) is 2.68. The molecule has 0 radical (unpaired) electrons. The van der Waals surface area contributed by atoms with Crippen molar-refractivity contribution in [1.82, 2.24) is 4.90 Å². The maximum Gasteiger partial charge on any atom is 0.416 e. The molecule has 0 saturated carbocycles. The molecule has 2 atom stereocenters. The van der Waals surface area contributed by atoms with Gasteiger partial charge in [0.25, 0.3) is 5.91 Å². The maximum atomic E-state index is 13.1. The predicted octanol–water partition coefficient (Wildman–Crippen LogP) is 2.58. The van der Waals surface area contributed by atoms with Gasteiger partial charge in [-0.1, -0.05) is 18.2 Å². The largest absolute Gasteiger partial charge is 0.496 e. The number of aliphatic hydroxyl groups excluding tert-OH is 1. The van der Waals surface area contributed by atoms with Gasteiger partial charge in [-0.05, 0) is 38.0 Å². The van der Waals surface area contributed by atoms with Crippen LogP contribution in [0.1, 0.15) is 29.3 Å². The highest BCUT2D eigenvalue weighted by molar-refractivity contribution is 6.06. The van der Waals surface area contributed by atoms with Crippen LogP contribution in [0.3, 0.4) is 0 Å². The van der Waals surface area contributed by atoms with E-state index < -0.39 is 18.4 Å². The molecule has 7 heteroatoms. The molecule has 3 rings (SSSR count). The van der Waals surface area contributed by atoms with Crippen LogP contribution >= 0.6 is 0 Å². The van der Waals surface area contributed by atoms with Gasteiger partial charge in [0.15, 0.2) is 6.23 Å². The van der Waals surface area contributed by atoms with Gasteiger partial charge in [0.1, 0.15) is 12.4 Å². The van der Waals surface area contributed by atoms with Crippen LogP contribution in [-0.4, -0.2) is 48.0 Å². The fraction of sp³-hybridized carbons (Fsp3) is 0.368. The Morgan fingerprint density at radius 1 is 1.42 bits per heavy atom. The number of carbonyl (C=O) groups is 2. The van der Waals surface area contributed by atoms with E-state index in [0.29, 0.717) is 17.9 Å². The lowest BCUT2D eigenvalue weighted by molar-refractivity contribution is 0.0557. The first kappa shape index (κ1) is 18.0. The number of rotatable bonds is 3. The van der Waals surface area contributed by atoms with Gasteiger partial charge in [0.05, 0.1) is 24.4 Å². The third kappa shape index (κ3) is 2.84. The van der Waals surface area contributed by atoms with E-state index in [1.54, 1.807) is 25.3 Å². The van der Waals surface area contributed by atoms with E-state index in [1.165, 1.54) is 18.1 Å². The summed E-state index contributed by atoms with van der Waals surface area (Å²) in [6.45, 7) is 7.22. The van der Waals surface area contributed by atoms with Crippen molar-refractivity contribution in [3.8, 4) is 5.75 Å². The summed E-state index contributed by atoms with van der Waals surface area (Å²) in [5.74, 6) is 0.238. The van der Waals surface area contributed by atoms with Gasteiger partial charge in [0, 0.05) is 6.20 Å². The van der Waals surface area contributed by atoms with Crippen molar-refractivity contribution >= 4 is 17.7 Å². The molecule has 0 fully saturated rings. The smallest absolute Gasteiger partial charge is 0.416 e. The third-order valence-corrected chi connectivity index (χ3v) is 4.62. The number of aryl methyl sites for hydroxylation is 1. The number of hydrogen-bond donors (Lipinski definition) is 1. The molecular formula is C19H22N2O5. The summed E-state index contributed by atoms with van der Waals surface area (Å²) < 4.78 is 10.5. The highest BCUT2D eigenvalue weighted by atomic mass is 16.6. The summed E-state index contributed by atoms with van der Waals surface area (Å²) in [6.07, 6.45) is 1.66. The normalized spacial score (nSPS) is 21.5. The summed E-state index contributed by atoms with van der Waals surface area (Å²) >= 11 is 0. The van der Waals surface area contributed by atoms with Crippen LogP contribution < -0.4 is 9.64 Å². The molecule has 1 N–H and O–H groups in total. The van der Waals surface area contributed by atoms with Crippen molar-refractivity contribution in [3.63, 3.8) is 0 Å². The molecule has 0 bridgehead atoms. The average molecular weight is 358 g/mol. The number of amides is 2. The molecule has 1 unspecified atom stereocenters. The molecule has 0 saturated heterocycles. The van der Waals surface area contributed by atoms with Crippen molar-refractivity contribution in [2.45, 2.75) is 32.5 Å². The quantitative estimate of drug-likeness (QED) is 0.840. The molecule has 2 heterocycles. The van der Waals surface area contributed by atoms with Crippen molar-refractivity contribution < 1.29 is 24.2 Å². The lowest BCUT2D eigenvalue weighted by Gasteiger charge is -2.31. The number of benzene rings is 1. The number of fused-ring (bicyclic) bond motifs is 2. The number of carbonyl (C=O) groups excluding carboxylic acids is 2. The molecular weight excluding hydrogens is 336 g/mol. The van der Waals surface area contributed by atoms with Crippen LogP contribution in [0.15, 0.2) is 36.6 Å². The zero-order valence-electron chi connectivity index (χ0n) is 15.1. The molecule has 1 aromatic carbocycles. The van der Waals surface area contributed by atoms with E-state index in [1.807, 2.05) is 6.92 Å². The summed E-state index contributed by atoms with van der Waals surface area (Å²) in [5, 5.41) is 10.9. The Labute approximate surface area is 152 Å². The first-order valence-electron chi connectivity index (χ1n) is 8.32. The van der Waals surface area contributed by atoms with Crippen LogP contribution in [-0.2, 0) is 4.74 Å². The first-order chi connectivity index (χ1) is 12.4. The van der Waals surface area contributed by atoms with Gasteiger partial charge >= 0.3 is 6.09 Å². The SMILES string of the molecule is C=CCOC(=O)N1c2cc(C)c(OC)cc2C(=O)N2C=C(C)C[C@H]2C1O. The minimum Gasteiger partial charge on any atom is -0.496 e. The highest BCUT2D eigenvalue weighted by Crippen LogP contribution is 2.38. The summed E-state index contributed by atoms with van der Waals surface area (Å²) in [5.41, 5.74) is 2.26. The summed E-state index contributed by atoms with van der Waals surface area (Å²) in [4.78, 5) is 28.4. The fourth-order valence-electron chi connectivity index (χ4n) is 3.40. The van der Waals surface area contributed by atoms with Gasteiger partial charge in [0.2, 0.25) is 0 Å². The first-order valence-corrected chi connectivity index (χ1v) is 8.32. The fourth-order valence-corrected chi connectivity index (χ4v) is 3.40. The number of aliphatic hydroxyl groups is 1. The molecule has 26 heavy (non-hydrogen) atoms. The van der Waals surface area contributed by atoms with E-state index in [0.717, 1.165) is 16.0 Å². The van der Waals surface area contributed by atoms with Crippen LogP contribution in [0.25, 0.3) is 0 Å². The Hall–Kier alpha value is -2.80. The Balaban J connectivity index is 2.17. The third-order valence-electron chi connectivity index (χ3n) is 4.62. The second-order valence-corrected chi connectivity index (χ2v) is 6.45. The second-order valence-electron chi connectivity index (χ2n) is 6.45. The predicted molar refractivity (Wildman–Crippen MR) is 96.1 cm³/mol. The zero-order chi connectivity index (χ0) is 19.0. The number of ether oxygens (including phenoxy) is 2. The molecule has 0 aromatic heterocycles. The minimum absolute atomic E-state index is 0.00608. The Morgan fingerprint density at radius 3 is 2.81 bits per heavy atom. The number of methoxy groups -OCH3 is 1. The van der Waals surface area contributed by atoms with Crippen LogP contribution in [0.4, 0.5) is 10.5 Å². The van der Waals surface area contributed by atoms with Gasteiger partial charge in [-0.2, -0.15) is 0 Å². The minimum atomic E-state index is -1.24. The van der Waals surface area contributed by atoms with Crippen LogP contribution in [0, 0.1) is 6.92 Å². The number of hydrogen-bond acceptors (Lipinski definition) is 5. The molecule has 2 aliphatic rings. The number of anilines is 1. The molecule has 2 amide bonds. The van der Waals surface area contributed by atoms with Crippen molar-refractivity contribution in [2.75, 3.05) is 18.6 Å². The van der Waals surface area contributed by atoms with E-state index >= 15 is 0 Å². The van der Waals surface area contributed by atoms with E-state index in [2.05, 4.69) is 6.58 Å². The number of nitrogens with zero attached hydrogens (tertiary/aromatic N) is 2. The van der Waals surface area contributed by atoms with Gasteiger partial charge in [-0.25, -0.2) is 9.69 Å². The van der Waals surface area contributed by atoms with E-state index in [4.69, 9.17) is 9.47 Å².